The first kappa shape index (κ1) is 19.1. The van der Waals surface area contributed by atoms with Gasteiger partial charge < -0.3 is 19.5 Å². The van der Waals surface area contributed by atoms with Crippen molar-refractivity contribution >= 4 is 24.2 Å². The summed E-state index contributed by atoms with van der Waals surface area (Å²) < 4.78 is 45.8. The number of hydrogen-bond acceptors (Lipinski definition) is 4. The highest BCUT2D eigenvalue weighted by Crippen LogP contribution is 2.27. The largest absolute Gasteiger partial charge is 0.573 e. The van der Waals surface area contributed by atoms with Crippen LogP contribution in [0.15, 0.2) is 18.2 Å². The van der Waals surface area contributed by atoms with Crippen molar-refractivity contribution in [3.8, 4) is 5.75 Å². The Bertz CT molecular complexity index is 529. The van der Waals surface area contributed by atoms with Crippen LogP contribution in [0.4, 0.5) is 13.2 Å². The molecule has 0 spiro atoms. The van der Waals surface area contributed by atoms with E-state index in [1.54, 1.807) is 0 Å². The maximum Gasteiger partial charge on any atom is 0.573 e. The van der Waals surface area contributed by atoms with Crippen LogP contribution in [0.3, 0.4) is 0 Å². The molecule has 1 aromatic carbocycles. The van der Waals surface area contributed by atoms with Crippen molar-refractivity contribution in [3.05, 3.63) is 23.2 Å². The zero-order valence-corrected chi connectivity index (χ0v) is 13.3. The molecule has 4 nitrogen and oxygen atoms in total. The first-order valence-corrected chi connectivity index (χ1v) is 6.73. The molecule has 0 saturated carbocycles. The van der Waals surface area contributed by atoms with E-state index < -0.39 is 30.4 Å². The van der Waals surface area contributed by atoms with E-state index >= 15 is 0 Å². The van der Waals surface area contributed by atoms with Gasteiger partial charge in [0.1, 0.15) is 5.75 Å². The van der Waals surface area contributed by atoms with Crippen molar-refractivity contribution in [2.75, 3.05) is 0 Å². The van der Waals surface area contributed by atoms with Gasteiger partial charge in [-0.25, -0.2) is 0 Å². The fourth-order valence-electron chi connectivity index (χ4n) is 1.41. The number of alkyl halides is 3. The molecule has 2 N–H and O–H groups in total. The molecule has 0 bridgehead atoms. The van der Waals surface area contributed by atoms with Crippen LogP contribution in [0.25, 0.3) is 0 Å². The van der Waals surface area contributed by atoms with Gasteiger partial charge in [0, 0.05) is 5.02 Å². The number of ether oxygens (including phenoxy) is 1. The van der Waals surface area contributed by atoms with Gasteiger partial charge in [-0.05, 0) is 51.4 Å². The lowest BCUT2D eigenvalue weighted by Crippen LogP contribution is -2.53. The maximum absolute atomic E-state index is 12.2. The van der Waals surface area contributed by atoms with Crippen LogP contribution >= 0.6 is 11.6 Å². The van der Waals surface area contributed by atoms with Gasteiger partial charge >= 0.3 is 13.5 Å². The van der Waals surface area contributed by atoms with Gasteiger partial charge in [0.2, 0.25) is 0 Å². The average molecular weight is 341 g/mol. The van der Waals surface area contributed by atoms with Gasteiger partial charge in [-0.15, -0.1) is 13.2 Å². The van der Waals surface area contributed by atoms with Crippen molar-refractivity contribution in [2.24, 2.45) is 0 Å². The summed E-state index contributed by atoms with van der Waals surface area (Å²) in [6, 6.07) is 3.17. The third kappa shape index (κ3) is 5.35. The average Bonchev–Trinajstić information content (AvgIpc) is 2.23. The summed E-state index contributed by atoms with van der Waals surface area (Å²) in [5.41, 5.74) is -2.48. The minimum atomic E-state index is -4.87. The number of rotatable bonds is 5. The van der Waals surface area contributed by atoms with Gasteiger partial charge in [-0.2, -0.15) is 0 Å². The molecule has 0 saturated heterocycles. The van der Waals surface area contributed by atoms with Crippen molar-refractivity contribution in [2.45, 2.75) is 45.3 Å². The second-order valence-electron chi connectivity index (χ2n) is 5.81. The molecule has 0 aromatic heterocycles. The first-order chi connectivity index (χ1) is 9.71. The molecule has 9 heteroatoms. The van der Waals surface area contributed by atoms with Crippen molar-refractivity contribution in [3.63, 3.8) is 0 Å². The quantitative estimate of drug-likeness (QED) is 0.809. The second-order valence-corrected chi connectivity index (χ2v) is 6.24. The van der Waals surface area contributed by atoms with Crippen LogP contribution < -0.4 is 10.2 Å². The van der Waals surface area contributed by atoms with Gasteiger partial charge in [0.05, 0.1) is 11.2 Å². The molecule has 0 heterocycles. The minimum Gasteiger partial charge on any atom is -0.423 e. The zero-order chi connectivity index (χ0) is 17.3. The van der Waals surface area contributed by atoms with E-state index in [0.717, 1.165) is 12.1 Å². The molecule has 22 heavy (non-hydrogen) atoms. The molecule has 0 fully saturated rings. The Morgan fingerprint density at radius 2 is 1.64 bits per heavy atom. The van der Waals surface area contributed by atoms with Crippen LogP contribution in [-0.4, -0.2) is 34.8 Å². The summed E-state index contributed by atoms with van der Waals surface area (Å²) in [5.74, 6) is -0.571. The Hall–Kier alpha value is -0.955. The summed E-state index contributed by atoms with van der Waals surface area (Å²) in [4.78, 5) is 0. The maximum atomic E-state index is 12.2. The molecular formula is C13H17BClF3O4. The number of halogens is 4. The highest BCUT2D eigenvalue weighted by molar-refractivity contribution is 6.60. The van der Waals surface area contributed by atoms with E-state index in [0.29, 0.717) is 0 Å². The van der Waals surface area contributed by atoms with Gasteiger partial charge in [-0.1, -0.05) is 11.6 Å². The molecule has 1 rings (SSSR count). The molecule has 0 amide bonds. The standard InChI is InChI=1S/C13H17BClF3O4/c1-11(2,19)12(3,4)22-14(20)8-5-9(15)7-10(6-8)21-13(16,17)18/h5-7,19-20H,1-4H3. The van der Waals surface area contributed by atoms with Crippen LogP contribution in [0.5, 0.6) is 5.75 Å². The van der Waals surface area contributed by atoms with Crippen molar-refractivity contribution in [1.29, 1.82) is 0 Å². The lowest BCUT2D eigenvalue weighted by atomic mass is 9.76. The molecule has 0 aliphatic heterocycles. The summed E-state index contributed by atoms with van der Waals surface area (Å²) in [6.07, 6.45) is -4.87. The number of aliphatic hydroxyl groups is 1. The summed E-state index contributed by atoms with van der Waals surface area (Å²) >= 11 is 5.72. The minimum absolute atomic E-state index is 0.0240. The predicted molar refractivity (Wildman–Crippen MR) is 77.2 cm³/mol. The summed E-state index contributed by atoms with van der Waals surface area (Å²) in [6.45, 7) is 6.04. The first-order valence-electron chi connectivity index (χ1n) is 6.36. The second kappa shape index (κ2) is 6.27. The van der Waals surface area contributed by atoms with Crippen LogP contribution in [0.1, 0.15) is 27.7 Å². The summed E-state index contributed by atoms with van der Waals surface area (Å²) in [5, 5.41) is 20.0. The van der Waals surface area contributed by atoms with E-state index in [-0.39, 0.29) is 10.5 Å². The molecule has 0 aliphatic carbocycles. The Balaban J connectivity index is 3.01. The van der Waals surface area contributed by atoms with Crippen LogP contribution in [0, 0.1) is 0 Å². The SMILES string of the molecule is CC(C)(O)C(C)(C)OB(O)c1cc(Cl)cc(OC(F)(F)F)c1. The number of benzene rings is 1. The number of hydrogen-bond donors (Lipinski definition) is 2. The molecule has 0 radical (unpaired) electrons. The van der Waals surface area contributed by atoms with E-state index in [1.807, 2.05) is 0 Å². The van der Waals surface area contributed by atoms with Gasteiger partial charge in [0.15, 0.2) is 0 Å². The highest BCUT2D eigenvalue weighted by atomic mass is 35.5. The fourth-order valence-corrected chi connectivity index (χ4v) is 1.64. The molecule has 0 unspecified atom stereocenters. The van der Waals surface area contributed by atoms with Crippen LogP contribution in [0.2, 0.25) is 5.02 Å². The van der Waals surface area contributed by atoms with E-state index in [2.05, 4.69) is 4.74 Å². The van der Waals surface area contributed by atoms with Gasteiger partial charge in [-0.3, -0.25) is 0 Å². The lowest BCUT2D eigenvalue weighted by Gasteiger charge is -2.38. The highest BCUT2D eigenvalue weighted by Gasteiger charge is 2.40. The Morgan fingerprint density at radius 3 is 2.09 bits per heavy atom. The van der Waals surface area contributed by atoms with E-state index in [4.69, 9.17) is 16.3 Å². The summed E-state index contributed by atoms with van der Waals surface area (Å²) in [7, 11) is -1.59. The molecule has 0 atom stereocenters. The Labute approximate surface area is 131 Å². The smallest absolute Gasteiger partial charge is 0.423 e. The monoisotopic (exact) mass is 340 g/mol. The van der Waals surface area contributed by atoms with Crippen molar-refractivity contribution in [1.82, 2.24) is 0 Å². The predicted octanol–water partition coefficient (Wildman–Crippen LogP) is 2.49. The van der Waals surface area contributed by atoms with Crippen molar-refractivity contribution < 1.29 is 32.7 Å². The Kier molecular flexibility index (Phi) is 5.44. The topological polar surface area (TPSA) is 58.9 Å². The Morgan fingerprint density at radius 1 is 1.09 bits per heavy atom. The zero-order valence-electron chi connectivity index (χ0n) is 12.5. The van der Waals surface area contributed by atoms with Gasteiger partial charge in [0.25, 0.3) is 0 Å². The molecule has 0 aliphatic rings. The fraction of sp³-hybridized carbons (Fsp3) is 0.538. The lowest BCUT2D eigenvalue weighted by molar-refractivity contribution is -0.274. The normalized spacial score (nSPS) is 13.2. The third-order valence-corrected chi connectivity index (χ3v) is 3.51. The third-order valence-electron chi connectivity index (χ3n) is 3.29. The molecular weight excluding hydrogens is 323 g/mol. The molecule has 1 aromatic rings. The van der Waals surface area contributed by atoms with Crippen LogP contribution in [-0.2, 0) is 4.65 Å². The molecule has 124 valence electrons. The van der Waals surface area contributed by atoms with E-state index in [1.165, 1.54) is 33.8 Å². The van der Waals surface area contributed by atoms with E-state index in [9.17, 15) is 23.3 Å².